The van der Waals surface area contributed by atoms with Gasteiger partial charge < -0.3 is 9.55 Å². The topological polar surface area (TPSA) is 63.9 Å². The molecule has 0 spiro atoms. The van der Waals surface area contributed by atoms with E-state index in [2.05, 4.69) is 82.3 Å². The number of rotatable bonds is 3. The van der Waals surface area contributed by atoms with E-state index in [1.165, 1.54) is 21.5 Å². The number of nitro groups is 1. The van der Waals surface area contributed by atoms with Gasteiger partial charge >= 0.3 is 0 Å². The second-order valence-electron chi connectivity index (χ2n) is 9.48. The van der Waals surface area contributed by atoms with Crippen molar-refractivity contribution in [2.45, 2.75) is 0 Å². The van der Waals surface area contributed by atoms with Crippen LogP contribution in [0.1, 0.15) is 0 Å². The van der Waals surface area contributed by atoms with Crippen molar-refractivity contribution >= 4 is 60.1 Å². The Labute approximate surface area is 210 Å². The summed E-state index contributed by atoms with van der Waals surface area (Å²) in [7, 11) is 0. The van der Waals surface area contributed by atoms with Gasteiger partial charge in [-0.25, -0.2) is 0 Å². The fraction of sp³-hybridized carbons (Fsp3) is 0. The van der Waals surface area contributed by atoms with Crippen LogP contribution in [-0.2, 0) is 0 Å². The first-order chi connectivity index (χ1) is 18.2. The molecule has 0 aliphatic rings. The molecule has 8 aromatic rings. The summed E-state index contributed by atoms with van der Waals surface area (Å²) >= 11 is 0. The predicted octanol–water partition coefficient (Wildman–Crippen LogP) is 8.58. The van der Waals surface area contributed by atoms with E-state index in [9.17, 15) is 10.1 Å². The largest absolute Gasteiger partial charge is 0.354 e. The molecule has 0 aliphatic carbocycles. The maximum Gasteiger partial charge on any atom is 0.277 e. The lowest BCUT2D eigenvalue weighted by molar-refractivity contribution is -0.384. The molecular formula is C32H19N3O2. The predicted molar refractivity (Wildman–Crippen MR) is 151 cm³/mol. The van der Waals surface area contributed by atoms with Crippen molar-refractivity contribution in [2.75, 3.05) is 0 Å². The number of H-pyrrole nitrogens is 1. The third-order valence-electron chi connectivity index (χ3n) is 7.59. The molecule has 174 valence electrons. The summed E-state index contributed by atoms with van der Waals surface area (Å²) in [6.45, 7) is 0. The van der Waals surface area contributed by atoms with Gasteiger partial charge in [0.15, 0.2) is 0 Å². The van der Waals surface area contributed by atoms with Crippen molar-refractivity contribution in [1.29, 1.82) is 0 Å². The van der Waals surface area contributed by atoms with E-state index in [-0.39, 0.29) is 10.6 Å². The highest BCUT2D eigenvalue weighted by atomic mass is 16.6. The summed E-state index contributed by atoms with van der Waals surface area (Å²) in [5, 5.41) is 18.8. The second-order valence-corrected chi connectivity index (χ2v) is 9.48. The molecule has 0 bridgehead atoms. The zero-order valence-corrected chi connectivity index (χ0v) is 19.6. The molecule has 37 heavy (non-hydrogen) atoms. The second kappa shape index (κ2) is 7.18. The van der Waals surface area contributed by atoms with E-state index >= 15 is 0 Å². The monoisotopic (exact) mass is 477 g/mol. The number of hydrogen-bond donors (Lipinski definition) is 1. The molecule has 8 rings (SSSR count). The minimum absolute atomic E-state index is 0.114. The zero-order valence-electron chi connectivity index (χ0n) is 19.6. The van der Waals surface area contributed by atoms with Crippen LogP contribution in [0.4, 0.5) is 5.69 Å². The number of nitrogens with zero attached hydrogens (tertiary/aromatic N) is 2. The van der Waals surface area contributed by atoms with Crippen LogP contribution in [0.15, 0.2) is 109 Å². The van der Waals surface area contributed by atoms with Crippen LogP contribution in [0.25, 0.3) is 71.2 Å². The Hall–Kier alpha value is -5.16. The Balaban J connectivity index is 1.60. The molecule has 0 atom stereocenters. The van der Waals surface area contributed by atoms with Gasteiger partial charge in [-0.05, 0) is 52.7 Å². The molecule has 0 radical (unpaired) electrons. The van der Waals surface area contributed by atoms with E-state index in [0.717, 1.165) is 44.1 Å². The molecule has 0 saturated carbocycles. The van der Waals surface area contributed by atoms with Gasteiger partial charge in [0.25, 0.3) is 5.69 Å². The van der Waals surface area contributed by atoms with Gasteiger partial charge in [0.1, 0.15) is 0 Å². The Morgan fingerprint density at radius 1 is 0.595 bits per heavy atom. The van der Waals surface area contributed by atoms with Crippen LogP contribution in [0.2, 0.25) is 0 Å². The maximum atomic E-state index is 11.9. The molecule has 5 nitrogen and oxygen atoms in total. The molecule has 1 N–H and O–H groups in total. The first kappa shape index (κ1) is 20.1. The summed E-state index contributed by atoms with van der Waals surface area (Å²) in [5.41, 5.74) is 7.09. The van der Waals surface area contributed by atoms with E-state index < -0.39 is 0 Å². The van der Waals surface area contributed by atoms with Crippen LogP contribution in [0.3, 0.4) is 0 Å². The van der Waals surface area contributed by atoms with E-state index in [0.29, 0.717) is 5.56 Å². The first-order valence-electron chi connectivity index (χ1n) is 12.2. The third kappa shape index (κ3) is 2.63. The molecular weight excluding hydrogens is 458 g/mol. The van der Waals surface area contributed by atoms with E-state index in [4.69, 9.17) is 0 Å². The molecule has 6 aromatic carbocycles. The van der Waals surface area contributed by atoms with Gasteiger partial charge in [-0.15, -0.1) is 0 Å². The van der Waals surface area contributed by atoms with Crippen molar-refractivity contribution in [3.63, 3.8) is 0 Å². The molecule has 0 amide bonds. The Morgan fingerprint density at radius 2 is 1.32 bits per heavy atom. The van der Waals surface area contributed by atoms with Gasteiger partial charge in [-0.1, -0.05) is 66.7 Å². The van der Waals surface area contributed by atoms with E-state index in [1.807, 2.05) is 24.3 Å². The minimum atomic E-state index is -0.299. The van der Waals surface area contributed by atoms with Crippen LogP contribution < -0.4 is 0 Å². The molecule has 2 aromatic heterocycles. The van der Waals surface area contributed by atoms with Gasteiger partial charge in [-0.3, -0.25) is 10.1 Å². The fourth-order valence-corrected chi connectivity index (χ4v) is 6.12. The molecule has 2 heterocycles. The van der Waals surface area contributed by atoms with Crippen molar-refractivity contribution < 1.29 is 4.92 Å². The molecule has 0 unspecified atom stereocenters. The Bertz CT molecular complexity index is 2170. The third-order valence-corrected chi connectivity index (χ3v) is 7.59. The van der Waals surface area contributed by atoms with Gasteiger partial charge in [0.2, 0.25) is 0 Å². The van der Waals surface area contributed by atoms with E-state index in [1.54, 1.807) is 12.1 Å². The first-order valence-corrected chi connectivity index (χ1v) is 12.2. The average molecular weight is 478 g/mol. The van der Waals surface area contributed by atoms with Crippen LogP contribution in [0, 0.1) is 10.1 Å². The van der Waals surface area contributed by atoms with Crippen LogP contribution in [-0.4, -0.2) is 14.5 Å². The smallest absolute Gasteiger partial charge is 0.277 e. The fourth-order valence-electron chi connectivity index (χ4n) is 6.12. The summed E-state index contributed by atoms with van der Waals surface area (Å²) in [6, 6.07) is 36.4. The number of benzene rings is 6. The number of aromatic amines is 1. The minimum Gasteiger partial charge on any atom is -0.354 e. The number of hydrogen-bond acceptors (Lipinski definition) is 2. The molecule has 0 fully saturated rings. The standard InChI is InChI=1S/C32H19N3O2/c36-35(37)27-13-7-5-10-21(27)20-16-17-28-31-22(20)14-15-24-30-23-11-4-6-12-25(23)33-26(30)18-29(32(24)31)34(28)19-8-2-1-3-9-19/h1-18,33H. The maximum absolute atomic E-state index is 11.9. The Kier molecular flexibility index (Phi) is 3.90. The quantitative estimate of drug-likeness (QED) is 0.157. The van der Waals surface area contributed by atoms with Crippen LogP contribution in [0.5, 0.6) is 0 Å². The molecule has 5 heteroatoms. The summed E-state index contributed by atoms with van der Waals surface area (Å²) < 4.78 is 2.30. The summed E-state index contributed by atoms with van der Waals surface area (Å²) in [4.78, 5) is 15.2. The average Bonchev–Trinajstić information content (AvgIpc) is 3.48. The molecule has 0 aliphatic heterocycles. The van der Waals surface area contributed by atoms with Crippen molar-refractivity contribution in [2.24, 2.45) is 0 Å². The summed E-state index contributed by atoms with van der Waals surface area (Å²) in [6.07, 6.45) is 0. The molecule has 0 saturated heterocycles. The highest BCUT2D eigenvalue weighted by molar-refractivity contribution is 6.34. The van der Waals surface area contributed by atoms with Crippen molar-refractivity contribution in [3.8, 4) is 16.8 Å². The zero-order chi connectivity index (χ0) is 24.7. The normalized spacial score (nSPS) is 12.0. The number of fused-ring (bicyclic) bond motifs is 4. The van der Waals surface area contributed by atoms with Crippen LogP contribution >= 0.6 is 0 Å². The van der Waals surface area contributed by atoms with Crippen molar-refractivity contribution in [1.82, 2.24) is 9.55 Å². The van der Waals surface area contributed by atoms with Crippen molar-refractivity contribution in [3.05, 3.63) is 119 Å². The lowest BCUT2D eigenvalue weighted by atomic mass is 9.92. The lowest BCUT2D eigenvalue weighted by Gasteiger charge is -2.10. The Morgan fingerprint density at radius 3 is 2.19 bits per heavy atom. The summed E-state index contributed by atoms with van der Waals surface area (Å²) in [5.74, 6) is 0. The highest BCUT2D eigenvalue weighted by Crippen LogP contribution is 2.46. The number of para-hydroxylation sites is 3. The lowest BCUT2D eigenvalue weighted by Crippen LogP contribution is -1.94. The highest BCUT2D eigenvalue weighted by Gasteiger charge is 2.23. The van der Waals surface area contributed by atoms with Gasteiger partial charge in [0, 0.05) is 44.3 Å². The number of nitrogens with one attached hydrogen (secondary N) is 1. The number of nitro benzene ring substituents is 1. The van der Waals surface area contributed by atoms with Gasteiger partial charge in [0.05, 0.1) is 21.5 Å². The van der Waals surface area contributed by atoms with Gasteiger partial charge in [-0.2, -0.15) is 0 Å². The number of aromatic nitrogens is 2. The SMILES string of the molecule is O=[N+]([O-])c1ccccc1-c1ccc2c3c1ccc1c4c(cc(c13)n2-c1ccccc1)[nH]c1ccccc14.